The Balaban J connectivity index is 1.54. The van der Waals surface area contributed by atoms with Gasteiger partial charge in [-0.25, -0.2) is 0 Å². The maximum atomic E-state index is 13.8. The zero-order valence-electron chi connectivity index (χ0n) is 22.7. The molecule has 41 heavy (non-hydrogen) atoms. The van der Waals surface area contributed by atoms with Crippen molar-refractivity contribution in [3.8, 4) is 0 Å². The second kappa shape index (κ2) is 11.3. The van der Waals surface area contributed by atoms with Crippen molar-refractivity contribution in [2.45, 2.75) is 45.8 Å². The first-order valence-electron chi connectivity index (χ1n) is 13.4. The number of anilines is 2. The number of allylic oxidation sites excluding steroid dienone is 1. The lowest BCUT2D eigenvalue weighted by atomic mass is 10.2. The lowest BCUT2D eigenvalue weighted by molar-refractivity contribution is -0.137. The number of benzene rings is 1. The summed E-state index contributed by atoms with van der Waals surface area (Å²) in [6, 6.07) is 4.16. The van der Waals surface area contributed by atoms with E-state index in [1.54, 1.807) is 9.47 Å². The average molecular weight is 574 g/mol. The van der Waals surface area contributed by atoms with Crippen molar-refractivity contribution in [1.29, 1.82) is 0 Å². The number of carbonyl (C=O) groups excluding carboxylic acids is 2. The fourth-order valence-corrected chi connectivity index (χ4v) is 5.08. The second-order valence-corrected chi connectivity index (χ2v) is 9.86. The topological polar surface area (TPSA) is 114 Å². The number of nitrogens with one attached hydrogen (secondary N) is 1. The first-order chi connectivity index (χ1) is 19.6. The fraction of sp³-hybridized carbons (Fsp3) is 0.444. The predicted octanol–water partition coefficient (Wildman–Crippen LogP) is 2.93. The minimum atomic E-state index is -4.49. The van der Waals surface area contributed by atoms with Gasteiger partial charge in [0.05, 0.1) is 17.9 Å². The third-order valence-electron chi connectivity index (χ3n) is 7.16. The molecule has 14 heteroatoms. The quantitative estimate of drug-likeness (QED) is 0.483. The SMILES string of the molecule is CCc1c(N2CCN(C(C)=O)CC2)c(=O)n2nc(C3=CCCCO3)nc2n1CC(=O)Nc1ccc(C(F)(F)F)cc1. The molecule has 11 nitrogen and oxygen atoms in total. The molecule has 2 aliphatic heterocycles. The van der Waals surface area contributed by atoms with E-state index in [4.69, 9.17) is 4.74 Å². The number of amides is 2. The van der Waals surface area contributed by atoms with E-state index in [0.29, 0.717) is 56.3 Å². The molecule has 2 aliphatic rings. The largest absolute Gasteiger partial charge is 0.490 e. The van der Waals surface area contributed by atoms with Gasteiger partial charge in [0.1, 0.15) is 12.2 Å². The summed E-state index contributed by atoms with van der Waals surface area (Å²) in [6.07, 6.45) is -0.633. The van der Waals surface area contributed by atoms with Crippen LogP contribution in [-0.2, 0) is 33.5 Å². The van der Waals surface area contributed by atoms with Crippen molar-refractivity contribution in [1.82, 2.24) is 24.1 Å². The number of piperazine rings is 1. The number of hydrogen-bond donors (Lipinski definition) is 1. The van der Waals surface area contributed by atoms with Gasteiger partial charge in [-0.1, -0.05) is 6.92 Å². The maximum Gasteiger partial charge on any atom is 0.416 e. The third-order valence-corrected chi connectivity index (χ3v) is 7.16. The van der Waals surface area contributed by atoms with Gasteiger partial charge < -0.3 is 24.4 Å². The van der Waals surface area contributed by atoms with Crippen molar-refractivity contribution >= 4 is 34.7 Å². The molecule has 1 saturated heterocycles. The van der Waals surface area contributed by atoms with Gasteiger partial charge in [0, 0.05) is 38.8 Å². The Morgan fingerprint density at radius 3 is 2.39 bits per heavy atom. The van der Waals surface area contributed by atoms with Gasteiger partial charge in [-0.05, 0) is 49.6 Å². The first kappa shape index (κ1) is 28.2. The Morgan fingerprint density at radius 2 is 1.80 bits per heavy atom. The van der Waals surface area contributed by atoms with Crippen molar-refractivity contribution in [2.75, 3.05) is 43.0 Å². The average Bonchev–Trinajstić information content (AvgIpc) is 3.41. The molecule has 3 aromatic rings. The van der Waals surface area contributed by atoms with Gasteiger partial charge in [-0.3, -0.25) is 14.4 Å². The van der Waals surface area contributed by atoms with E-state index in [0.717, 1.165) is 29.5 Å². The Kier molecular flexibility index (Phi) is 7.74. The molecule has 0 saturated carbocycles. The monoisotopic (exact) mass is 573 g/mol. The summed E-state index contributed by atoms with van der Waals surface area (Å²) in [7, 11) is 0. The van der Waals surface area contributed by atoms with Crippen LogP contribution in [0.4, 0.5) is 24.5 Å². The molecule has 0 radical (unpaired) electrons. The minimum absolute atomic E-state index is 0.0464. The molecule has 0 bridgehead atoms. The van der Waals surface area contributed by atoms with Gasteiger partial charge in [-0.15, -0.1) is 5.10 Å². The Hall–Kier alpha value is -4.36. The summed E-state index contributed by atoms with van der Waals surface area (Å²) >= 11 is 0. The summed E-state index contributed by atoms with van der Waals surface area (Å²) in [5.41, 5.74) is -0.112. The van der Waals surface area contributed by atoms with Crippen molar-refractivity contribution < 1.29 is 27.5 Å². The number of nitrogens with zero attached hydrogens (tertiary/aromatic N) is 6. The lowest BCUT2D eigenvalue weighted by Gasteiger charge is -2.36. The van der Waals surface area contributed by atoms with Gasteiger partial charge in [-0.2, -0.15) is 22.7 Å². The molecule has 2 amide bonds. The van der Waals surface area contributed by atoms with Gasteiger partial charge in [0.25, 0.3) is 5.56 Å². The zero-order valence-corrected chi connectivity index (χ0v) is 22.7. The van der Waals surface area contributed by atoms with Gasteiger partial charge in [0.2, 0.25) is 23.4 Å². The van der Waals surface area contributed by atoms with Crippen LogP contribution in [0, 0.1) is 0 Å². The lowest BCUT2D eigenvalue weighted by Crippen LogP contribution is -2.50. The van der Waals surface area contributed by atoms with Crippen LogP contribution in [0.25, 0.3) is 11.5 Å². The molecule has 1 fully saturated rings. The molecule has 5 rings (SSSR count). The summed E-state index contributed by atoms with van der Waals surface area (Å²) in [4.78, 5) is 47.0. The normalized spacial score (nSPS) is 16.0. The smallest absolute Gasteiger partial charge is 0.416 e. The summed E-state index contributed by atoms with van der Waals surface area (Å²) < 4.78 is 47.3. The van der Waals surface area contributed by atoms with E-state index < -0.39 is 23.2 Å². The number of ether oxygens (including phenoxy) is 1. The van der Waals surface area contributed by atoms with Gasteiger partial charge >= 0.3 is 6.18 Å². The number of aromatic nitrogens is 4. The third kappa shape index (κ3) is 5.77. The molecule has 0 spiro atoms. The molecule has 4 heterocycles. The van der Waals surface area contributed by atoms with Crippen LogP contribution in [0.15, 0.2) is 35.1 Å². The highest BCUT2D eigenvalue weighted by molar-refractivity contribution is 5.91. The maximum absolute atomic E-state index is 13.8. The number of fused-ring (bicyclic) bond motifs is 1. The molecule has 218 valence electrons. The van der Waals surface area contributed by atoms with Crippen LogP contribution >= 0.6 is 0 Å². The Morgan fingerprint density at radius 1 is 1.10 bits per heavy atom. The molecular formula is C27H30F3N7O4. The molecular weight excluding hydrogens is 543 g/mol. The Labute approximate surface area is 233 Å². The van der Waals surface area contributed by atoms with Crippen molar-refractivity contribution in [3.63, 3.8) is 0 Å². The predicted molar refractivity (Wildman–Crippen MR) is 144 cm³/mol. The molecule has 2 aromatic heterocycles. The standard InChI is InChI=1S/C27H30F3N7O4/c1-3-20-23(35-13-11-34(12-14-35)17(2)38)25(40)37-26(32-24(33-37)21-6-4-5-15-41-21)36(20)16-22(39)31-19-9-7-18(8-10-19)27(28,29)30/h6-10H,3-5,11-16H2,1-2H3,(H,31,39). The van der Waals surface area contributed by atoms with Crippen LogP contribution in [0.5, 0.6) is 0 Å². The number of rotatable bonds is 6. The van der Waals surface area contributed by atoms with E-state index in [2.05, 4.69) is 15.4 Å². The van der Waals surface area contributed by atoms with Crippen molar-refractivity contribution in [2.24, 2.45) is 0 Å². The van der Waals surface area contributed by atoms with E-state index in [1.807, 2.05) is 17.9 Å². The van der Waals surface area contributed by atoms with E-state index in [-0.39, 0.29) is 29.7 Å². The second-order valence-electron chi connectivity index (χ2n) is 9.86. The zero-order chi connectivity index (χ0) is 29.3. The summed E-state index contributed by atoms with van der Waals surface area (Å²) in [5, 5.41) is 7.07. The first-order valence-corrected chi connectivity index (χ1v) is 13.4. The van der Waals surface area contributed by atoms with Gasteiger partial charge in [0.15, 0.2) is 5.76 Å². The molecule has 1 aromatic carbocycles. The van der Waals surface area contributed by atoms with Crippen LogP contribution in [0.1, 0.15) is 43.8 Å². The van der Waals surface area contributed by atoms with E-state index >= 15 is 0 Å². The highest BCUT2D eigenvalue weighted by Gasteiger charge is 2.31. The molecule has 0 aliphatic carbocycles. The molecule has 0 unspecified atom stereocenters. The minimum Gasteiger partial charge on any atom is -0.490 e. The molecule has 1 N–H and O–H groups in total. The number of hydrogen-bond acceptors (Lipinski definition) is 7. The highest BCUT2D eigenvalue weighted by atomic mass is 19.4. The number of alkyl halides is 3. The van der Waals surface area contributed by atoms with E-state index in [9.17, 15) is 27.6 Å². The molecule has 0 atom stereocenters. The number of carbonyl (C=O) groups is 2. The van der Waals surface area contributed by atoms with Crippen molar-refractivity contribution in [3.05, 3.63) is 57.8 Å². The highest BCUT2D eigenvalue weighted by Crippen LogP contribution is 2.30. The van der Waals surface area contributed by atoms with Crippen LogP contribution in [-0.4, -0.2) is 68.7 Å². The Bertz CT molecular complexity index is 1550. The van der Waals surface area contributed by atoms with E-state index in [1.165, 1.54) is 19.1 Å². The fourth-order valence-electron chi connectivity index (χ4n) is 5.08. The van der Waals surface area contributed by atoms with Crippen LogP contribution in [0.2, 0.25) is 0 Å². The summed E-state index contributed by atoms with van der Waals surface area (Å²) in [5.74, 6) is 0.254. The van der Waals surface area contributed by atoms with Crippen LogP contribution < -0.4 is 15.8 Å². The van der Waals surface area contributed by atoms with Crippen LogP contribution in [0.3, 0.4) is 0 Å². The summed E-state index contributed by atoms with van der Waals surface area (Å²) in [6.45, 7) is 5.29. The number of halogens is 3.